The molecule has 5 rings (SSSR count). The van der Waals surface area contributed by atoms with Crippen molar-refractivity contribution < 1.29 is 23.8 Å². The van der Waals surface area contributed by atoms with Crippen LogP contribution in [-0.4, -0.2) is 49.0 Å². The fraction of sp³-hybridized carbons (Fsp3) is 0.323. The number of nitrogens with one attached hydrogen (secondary N) is 1. The molecule has 44 heavy (non-hydrogen) atoms. The highest BCUT2D eigenvalue weighted by molar-refractivity contribution is 8.01. The molecule has 1 atom stereocenters. The summed E-state index contributed by atoms with van der Waals surface area (Å²) >= 11 is 2.49. The van der Waals surface area contributed by atoms with Gasteiger partial charge in [0.15, 0.2) is 21.6 Å². The molecule has 3 N–H and O–H groups in total. The third-order valence-electron chi connectivity index (χ3n) is 7.50. The number of hydrogen-bond acceptors (Lipinski definition) is 12. The first-order valence-corrected chi connectivity index (χ1v) is 15.6. The van der Waals surface area contributed by atoms with Gasteiger partial charge >= 0.3 is 0 Å². The molecule has 0 fully saturated rings. The number of carbonyl (C=O) groups excluding carboxylic acids is 2. The van der Waals surface area contributed by atoms with Gasteiger partial charge in [0, 0.05) is 23.4 Å². The predicted octanol–water partition coefficient (Wildman–Crippen LogP) is 5.22. The van der Waals surface area contributed by atoms with Crippen LogP contribution < -0.4 is 30.2 Å². The fourth-order valence-corrected chi connectivity index (χ4v) is 7.21. The third-order valence-corrected chi connectivity index (χ3v) is 9.55. The molecule has 0 spiro atoms. The number of ketones is 1. The van der Waals surface area contributed by atoms with E-state index >= 15 is 0 Å². The standard InChI is InChI=1S/C31H32N6O5S2/c1-16-9-10-20(17(2)11-16)34-25(39)15-43-31-36-35-30(44-31)37-21-7-6-8-22(38)27(21)26(19(14-32)29(37)33)18-12-23(40-3)28(42-5)24(13-18)41-4/h9-13,26H,6-8,15,33H2,1-5H3,(H,34,39). The van der Waals surface area contributed by atoms with Crippen LogP contribution in [-0.2, 0) is 9.59 Å². The van der Waals surface area contributed by atoms with Crippen LogP contribution in [0.25, 0.3) is 0 Å². The minimum absolute atomic E-state index is 0.0718. The zero-order valence-electron chi connectivity index (χ0n) is 25.0. The van der Waals surface area contributed by atoms with Crippen LogP contribution in [0.2, 0.25) is 0 Å². The molecule has 1 amide bonds. The number of carbonyl (C=O) groups is 2. The largest absolute Gasteiger partial charge is 0.493 e. The van der Waals surface area contributed by atoms with Gasteiger partial charge in [-0.05, 0) is 56.0 Å². The Hall–Kier alpha value is -4.54. The van der Waals surface area contributed by atoms with Gasteiger partial charge in [0.25, 0.3) is 0 Å². The van der Waals surface area contributed by atoms with E-state index in [2.05, 4.69) is 21.6 Å². The minimum Gasteiger partial charge on any atom is -0.493 e. The number of amides is 1. The molecule has 1 aliphatic heterocycles. The number of aromatic nitrogens is 2. The van der Waals surface area contributed by atoms with Gasteiger partial charge in [0.05, 0.1) is 44.6 Å². The van der Waals surface area contributed by atoms with Crippen LogP contribution in [0.4, 0.5) is 10.8 Å². The summed E-state index contributed by atoms with van der Waals surface area (Å²) in [5.74, 6) is 0.528. The molecule has 0 saturated heterocycles. The lowest BCUT2D eigenvalue weighted by Crippen LogP contribution is -2.38. The fourth-order valence-electron chi connectivity index (χ4n) is 5.52. The van der Waals surface area contributed by atoms with Crippen molar-refractivity contribution in [3.05, 3.63) is 69.7 Å². The number of Topliss-reactive ketones (excluding diaryl/α,β-unsaturated/α-hetero) is 1. The van der Waals surface area contributed by atoms with Crippen LogP contribution in [0.5, 0.6) is 17.2 Å². The second-order valence-electron chi connectivity index (χ2n) is 10.3. The highest BCUT2D eigenvalue weighted by atomic mass is 32.2. The molecule has 13 heteroatoms. The molecule has 3 aromatic rings. The van der Waals surface area contributed by atoms with Crippen molar-refractivity contribution in [1.29, 1.82) is 5.26 Å². The first-order valence-electron chi connectivity index (χ1n) is 13.8. The van der Waals surface area contributed by atoms with E-state index in [1.807, 2.05) is 32.0 Å². The summed E-state index contributed by atoms with van der Waals surface area (Å²) in [5, 5.41) is 22.4. The van der Waals surface area contributed by atoms with E-state index in [-0.39, 0.29) is 28.8 Å². The number of allylic oxidation sites excluding steroid dienone is 3. The molecule has 1 unspecified atom stereocenters. The Morgan fingerprint density at radius 2 is 1.86 bits per heavy atom. The number of nitriles is 1. The number of nitrogens with zero attached hydrogens (tertiary/aromatic N) is 4. The summed E-state index contributed by atoms with van der Waals surface area (Å²) in [6.07, 6.45) is 1.53. The molecule has 2 heterocycles. The zero-order valence-corrected chi connectivity index (χ0v) is 26.6. The van der Waals surface area contributed by atoms with E-state index in [1.165, 1.54) is 44.4 Å². The van der Waals surface area contributed by atoms with Gasteiger partial charge in [-0.15, -0.1) is 10.2 Å². The first kappa shape index (κ1) is 30.9. The molecular weight excluding hydrogens is 601 g/mol. The summed E-state index contributed by atoms with van der Waals surface area (Å²) < 4.78 is 17.1. The summed E-state index contributed by atoms with van der Waals surface area (Å²) in [5.41, 5.74) is 11.5. The van der Waals surface area contributed by atoms with Crippen molar-refractivity contribution >= 4 is 45.6 Å². The Kier molecular flexibility index (Phi) is 9.12. The molecule has 0 bridgehead atoms. The lowest BCUT2D eigenvalue weighted by molar-refractivity contribution is -0.116. The average molecular weight is 633 g/mol. The number of hydrogen-bond donors (Lipinski definition) is 2. The summed E-state index contributed by atoms with van der Waals surface area (Å²) in [7, 11) is 4.52. The molecule has 0 saturated carbocycles. The van der Waals surface area contributed by atoms with Crippen LogP contribution >= 0.6 is 23.1 Å². The zero-order chi connectivity index (χ0) is 31.5. The smallest absolute Gasteiger partial charge is 0.234 e. The van der Waals surface area contributed by atoms with Gasteiger partial charge in [-0.1, -0.05) is 40.8 Å². The lowest BCUT2D eigenvalue weighted by atomic mass is 9.75. The monoisotopic (exact) mass is 632 g/mol. The maximum atomic E-state index is 13.5. The van der Waals surface area contributed by atoms with Crippen LogP contribution in [0.3, 0.4) is 0 Å². The molecule has 1 aliphatic carbocycles. The van der Waals surface area contributed by atoms with E-state index in [4.69, 9.17) is 19.9 Å². The Morgan fingerprint density at radius 3 is 2.50 bits per heavy atom. The molecule has 2 aliphatic rings. The number of benzene rings is 2. The molecule has 228 valence electrons. The molecule has 11 nitrogen and oxygen atoms in total. The predicted molar refractivity (Wildman–Crippen MR) is 169 cm³/mol. The summed E-state index contributed by atoms with van der Waals surface area (Å²) in [6.45, 7) is 3.95. The number of thioether (sulfide) groups is 1. The number of aryl methyl sites for hydroxylation is 2. The lowest BCUT2D eigenvalue weighted by Gasteiger charge is -2.38. The Bertz CT molecular complexity index is 1720. The van der Waals surface area contributed by atoms with E-state index in [0.29, 0.717) is 62.8 Å². The topological polar surface area (TPSA) is 153 Å². The van der Waals surface area contributed by atoms with Crippen molar-refractivity contribution in [3.8, 4) is 23.3 Å². The quantitative estimate of drug-likeness (QED) is 0.299. The number of nitrogens with two attached hydrogens (primary N) is 1. The van der Waals surface area contributed by atoms with E-state index < -0.39 is 5.92 Å². The number of rotatable bonds is 9. The van der Waals surface area contributed by atoms with Crippen LogP contribution in [0, 0.1) is 25.2 Å². The van der Waals surface area contributed by atoms with Gasteiger partial charge in [-0.25, -0.2) is 0 Å². The van der Waals surface area contributed by atoms with Crippen molar-refractivity contribution in [2.24, 2.45) is 5.73 Å². The first-order chi connectivity index (χ1) is 21.2. The minimum atomic E-state index is -0.733. The maximum absolute atomic E-state index is 13.5. The summed E-state index contributed by atoms with van der Waals surface area (Å²) in [4.78, 5) is 27.9. The van der Waals surface area contributed by atoms with E-state index in [9.17, 15) is 14.9 Å². The summed E-state index contributed by atoms with van der Waals surface area (Å²) in [6, 6.07) is 11.6. The third kappa shape index (κ3) is 5.82. The van der Waals surface area contributed by atoms with E-state index in [0.717, 1.165) is 16.8 Å². The Labute approximate surface area is 263 Å². The van der Waals surface area contributed by atoms with Crippen molar-refractivity contribution in [2.45, 2.75) is 43.4 Å². The molecule has 2 aromatic carbocycles. The maximum Gasteiger partial charge on any atom is 0.234 e. The van der Waals surface area contributed by atoms with Crippen LogP contribution in [0.15, 0.2) is 57.3 Å². The SMILES string of the molecule is COc1cc(C2C(C#N)=C(N)N(c3nnc(SCC(=O)Nc4ccc(C)cc4C)s3)C3=C2C(=O)CCC3)cc(OC)c1OC. The van der Waals surface area contributed by atoms with Gasteiger partial charge < -0.3 is 25.3 Å². The second kappa shape index (κ2) is 13.0. The van der Waals surface area contributed by atoms with Crippen molar-refractivity contribution in [2.75, 3.05) is 37.3 Å². The average Bonchev–Trinajstić information content (AvgIpc) is 3.48. The highest BCUT2D eigenvalue weighted by Gasteiger charge is 2.42. The van der Waals surface area contributed by atoms with Crippen molar-refractivity contribution in [3.63, 3.8) is 0 Å². The number of ether oxygens (including phenoxy) is 3. The molecule has 0 radical (unpaired) electrons. The van der Waals surface area contributed by atoms with Gasteiger partial charge in [-0.2, -0.15) is 5.26 Å². The highest BCUT2D eigenvalue weighted by Crippen LogP contribution is 2.50. The Morgan fingerprint density at radius 1 is 1.14 bits per heavy atom. The Balaban J connectivity index is 1.47. The van der Waals surface area contributed by atoms with E-state index in [1.54, 1.807) is 17.0 Å². The molecule has 1 aromatic heterocycles. The van der Waals surface area contributed by atoms with Crippen molar-refractivity contribution in [1.82, 2.24) is 10.2 Å². The normalized spacial score (nSPS) is 16.4. The van der Waals surface area contributed by atoms with Gasteiger partial charge in [0.1, 0.15) is 5.82 Å². The second-order valence-corrected chi connectivity index (χ2v) is 12.5. The van der Waals surface area contributed by atoms with Gasteiger partial charge in [-0.3, -0.25) is 14.5 Å². The molecular formula is C31H32N6O5S2. The van der Waals surface area contributed by atoms with Crippen LogP contribution in [0.1, 0.15) is 41.9 Å². The number of anilines is 2. The van der Waals surface area contributed by atoms with Gasteiger partial charge in [0.2, 0.25) is 16.8 Å². The number of methoxy groups -OCH3 is 3.